The van der Waals surface area contributed by atoms with Gasteiger partial charge in [0.15, 0.2) is 0 Å². The minimum atomic E-state index is -2.19. The quantitative estimate of drug-likeness (QED) is 0.406. The van der Waals surface area contributed by atoms with Crippen molar-refractivity contribution in [2.45, 2.75) is 52.0 Å². The molecule has 8 nitrogen and oxygen atoms in total. The van der Waals surface area contributed by atoms with Gasteiger partial charge in [0, 0.05) is 18.7 Å². The Bertz CT molecular complexity index is 1250. The van der Waals surface area contributed by atoms with Gasteiger partial charge in [-0.15, -0.1) is 4.99 Å². The molecule has 8 heteroatoms. The zero-order valence-electron chi connectivity index (χ0n) is 22.0. The van der Waals surface area contributed by atoms with Crippen LogP contribution in [0.4, 0.5) is 5.69 Å². The molecule has 2 saturated heterocycles. The van der Waals surface area contributed by atoms with Gasteiger partial charge in [-0.05, 0) is 55.1 Å². The summed E-state index contributed by atoms with van der Waals surface area (Å²) in [5.74, 6) is -2.07. The van der Waals surface area contributed by atoms with Crippen LogP contribution in [0.5, 0.6) is 0 Å². The number of carbonyl (C=O) groups excluding carboxylic acids is 3. The van der Waals surface area contributed by atoms with Crippen LogP contribution in [-0.2, 0) is 25.7 Å². The number of ether oxygens (including phenoxy) is 1. The second-order valence-corrected chi connectivity index (χ2v) is 10.8. The Hall–Kier alpha value is -3.61. The van der Waals surface area contributed by atoms with Gasteiger partial charge in [0.2, 0.25) is 12.0 Å². The van der Waals surface area contributed by atoms with Crippen LogP contribution in [0.1, 0.15) is 50.7 Å². The monoisotopic (exact) mass is 514 g/mol. The van der Waals surface area contributed by atoms with Gasteiger partial charge in [0.1, 0.15) is 6.54 Å². The predicted octanol–water partition coefficient (Wildman–Crippen LogP) is 4.33. The fourth-order valence-corrected chi connectivity index (χ4v) is 5.83. The zero-order valence-corrected chi connectivity index (χ0v) is 22.0. The number of benzene rings is 2. The van der Waals surface area contributed by atoms with E-state index in [0.717, 1.165) is 44.3 Å². The largest absolute Gasteiger partial charge is 0.351 e. The van der Waals surface area contributed by atoms with E-state index < -0.39 is 11.8 Å². The summed E-state index contributed by atoms with van der Waals surface area (Å²) in [6, 6.07) is 16.7. The molecule has 1 saturated carbocycles. The SMILES string of the molecule is CC(C)C1=NC(N=C=O)(OCc2ccccc2)C(=O)N(CC(=O)N2CC3CCC(CC3)C2)c2ccccc21. The Morgan fingerprint density at radius 1 is 1.05 bits per heavy atom. The standard InChI is InChI=1S/C30H34N4O4/c1-21(2)28-25-10-6-7-11-26(25)34(18-27(36)33-16-22-12-13-23(17-33)15-14-22)29(37)30(32-28,31-20-35)38-19-24-8-4-3-5-9-24/h3-11,21-23H,12-19H2,1-2H3. The van der Waals surface area contributed by atoms with Gasteiger partial charge in [-0.25, -0.2) is 9.79 Å². The zero-order chi connectivity index (χ0) is 26.7. The number of para-hydroxylation sites is 1. The predicted molar refractivity (Wildman–Crippen MR) is 144 cm³/mol. The molecule has 1 atom stereocenters. The molecule has 3 aliphatic heterocycles. The van der Waals surface area contributed by atoms with Crippen LogP contribution >= 0.6 is 0 Å². The number of carbonyl (C=O) groups is 2. The van der Waals surface area contributed by atoms with E-state index in [0.29, 0.717) is 28.8 Å². The number of fused-ring (bicyclic) bond motifs is 5. The first-order valence-corrected chi connectivity index (χ1v) is 13.5. The van der Waals surface area contributed by atoms with Crippen molar-refractivity contribution in [1.82, 2.24) is 4.90 Å². The molecule has 0 radical (unpaired) electrons. The number of anilines is 1. The van der Waals surface area contributed by atoms with Crippen LogP contribution in [0.25, 0.3) is 0 Å². The third-order valence-corrected chi connectivity index (χ3v) is 7.86. The molecule has 6 rings (SSSR count). The molecule has 2 amide bonds. The van der Waals surface area contributed by atoms with Gasteiger partial charge in [-0.2, -0.15) is 0 Å². The molecule has 2 aromatic rings. The number of benzodiazepines with no additional fused rings is 1. The molecule has 198 valence electrons. The minimum Gasteiger partial charge on any atom is -0.341 e. The second-order valence-electron chi connectivity index (χ2n) is 10.8. The van der Waals surface area contributed by atoms with Crippen LogP contribution in [0.3, 0.4) is 0 Å². The highest BCUT2D eigenvalue weighted by Crippen LogP contribution is 2.36. The highest BCUT2D eigenvalue weighted by molar-refractivity contribution is 6.15. The Labute approximate surface area is 223 Å². The maximum atomic E-state index is 14.3. The van der Waals surface area contributed by atoms with E-state index in [1.807, 2.05) is 73.3 Å². The molecular weight excluding hydrogens is 480 g/mol. The summed E-state index contributed by atoms with van der Waals surface area (Å²) in [7, 11) is 0. The van der Waals surface area contributed by atoms with Crippen molar-refractivity contribution in [1.29, 1.82) is 0 Å². The fourth-order valence-electron chi connectivity index (χ4n) is 5.83. The van der Waals surface area contributed by atoms with Gasteiger partial charge < -0.3 is 9.64 Å². The third kappa shape index (κ3) is 5.19. The van der Waals surface area contributed by atoms with Crippen molar-refractivity contribution in [3.63, 3.8) is 0 Å². The van der Waals surface area contributed by atoms with E-state index in [2.05, 4.69) is 4.99 Å². The first-order chi connectivity index (χ1) is 18.4. The van der Waals surface area contributed by atoms with Crippen molar-refractivity contribution in [2.75, 3.05) is 24.5 Å². The molecule has 38 heavy (non-hydrogen) atoms. The normalized spacial score (nSPS) is 24.8. The summed E-state index contributed by atoms with van der Waals surface area (Å²) in [4.78, 5) is 51.6. The Morgan fingerprint density at radius 3 is 2.32 bits per heavy atom. The Morgan fingerprint density at radius 2 is 1.68 bits per heavy atom. The summed E-state index contributed by atoms with van der Waals surface area (Å²) < 4.78 is 6.09. The number of amides is 2. The molecule has 2 bridgehead atoms. The summed E-state index contributed by atoms with van der Waals surface area (Å²) in [6.07, 6.45) is 6.12. The lowest BCUT2D eigenvalue weighted by Gasteiger charge is -2.31. The topological polar surface area (TPSA) is 91.6 Å². The van der Waals surface area contributed by atoms with E-state index in [4.69, 9.17) is 9.73 Å². The van der Waals surface area contributed by atoms with Crippen LogP contribution in [0.15, 0.2) is 64.6 Å². The number of hydrogen-bond donors (Lipinski definition) is 0. The fraction of sp³-hybridized carbons (Fsp3) is 0.467. The van der Waals surface area contributed by atoms with E-state index in [1.165, 1.54) is 11.0 Å². The number of aliphatic imine (C=N–C) groups is 2. The molecule has 0 N–H and O–H groups in total. The first-order valence-electron chi connectivity index (χ1n) is 13.5. The molecule has 4 aliphatic rings. The lowest BCUT2D eigenvalue weighted by Crippen LogP contribution is -2.52. The van der Waals surface area contributed by atoms with Gasteiger partial charge in [-0.3, -0.25) is 14.5 Å². The molecular formula is C30H34N4O4. The highest BCUT2D eigenvalue weighted by atomic mass is 16.5. The lowest BCUT2D eigenvalue weighted by molar-refractivity contribution is -0.145. The average Bonchev–Trinajstić information content (AvgIpc) is 3.31. The summed E-state index contributed by atoms with van der Waals surface area (Å²) in [6.45, 7) is 5.17. The van der Waals surface area contributed by atoms with E-state index >= 15 is 0 Å². The Balaban J connectivity index is 1.54. The number of hydrogen-bond acceptors (Lipinski definition) is 6. The molecule has 1 unspecified atom stereocenters. The smallest absolute Gasteiger partial charge is 0.341 e. The Kier molecular flexibility index (Phi) is 7.54. The number of nitrogens with zero attached hydrogens (tertiary/aromatic N) is 4. The third-order valence-electron chi connectivity index (χ3n) is 7.86. The second kappa shape index (κ2) is 11.0. The van der Waals surface area contributed by atoms with Crippen molar-refractivity contribution >= 4 is 29.3 Å². The summed E-state index contributed by atoms with van der Waals surface area (Å²) in [5, 5.41) is 0. The van der Waals surface area contributed by atoms with Gasteiger partial charge >= 0.3 is 11.8 Å². The summed E-state index contributed by atoms with van der Waals surface area (Å²) in [5.41, 5.74) is 2.64. The maximum absolute atomic E-state index is 14.3. The molecule has 3 heterocycles. The highest BCUT2D eigenvalue weighted by Gasteiger charge is 2.48. The molecule has 0 spiro atoms. The van der Waals surface area contributed by atoms with Gasteiger partial charge in [0.25, 0.3) is 0 Å². The average molecular weight is 515 g/mol. The van der Waals surface area contributed by atoms with Crippen LogP contribution < -0.4 is 4.90 Å². The molecule has 3 fully saturated rings. The van der Waals surface area contributed by atoms with E-state index in [1.54, 1.807) is 0 Å². The van der Waals surface area contributed by atoms with Crippen LogP contribution in [0, 0.1) is 17.8 Å². The van der Waals surface area contributed by atoms with E-state index in [-0.39, 0.29) is 25.0 Å². The first kappa shape index (κ1) is 26.0. The van der Waals surface area contributed by atoms with Crippen LogP contribution in [-0.4, -0.2) is 54.0 Å². The van der Waals surface area contributed by atoms with Crippen molar-refractivity contribution in [3.05, 3.63) is 65.7 Å². The van der Waals surface area contributed by atoms with Gasteiger partial charge in [0.05, 0.1) is 18.0 Å². The molecule has 2 aromatic carbocycles. The van der Waals surface area contributed by atoms with Crippen LogP contribution in [0.2, 0.25) is 0 Å². The molecule has 0 aromatic heterocycles. The molecule has 1 aliphatic carbocycles. The van der Waals surface area contributed by atoms with Crippen molar-refractivity contribution in [2.24, 2.45) is 27.7 Å². The number of isocyanates is 1. The maximum Gasteiger partial charge on any atom is 0.351 e. The minimum absolute atomic E-state index is 0.000250. The van der Waals surface area contributed by atoms with E-state index in [9.17, 15) is 14.4 Å². The number of rotatable bonds is 7. The van der Waals surface area contributed by atoms with Gasteiger partial charge in [-0.1, -0.05) is 62.4 Å². The van der Waals surface area contributed by atoms with Crippen molar-refractivity contribution < 1.29 is 19.1 Å². The summed E-state index contributed by atoms with van der Waals surface area (Å²) >= 11 is 0. The lowest BCUT2D eigenvalue weighted by atomic mass is 9.84. The van der Waals surface area contributed by atoms with Crippen molar-refractivity contribution in [3.8, 4) is 0 Å².